The number of halogens is 4. The van der Waals surface area contributed by atoms with Crippen LogP contribution >= 0.6 is 24.8 Å². The van der Waals surface area contributed by atoms with Gasteiger partial charge in [-0.2, -0.15) is 71.8 Å². The summed E-state index contributed by atoms with van der Waals surface area (Å²) in [5.41, 5.74) is 9.30. The van der Waals surface area contributed by atoms with Crippen molar-refractivity contribution in [2.24, 2.45) is 11.3 Å². The molecule has 0 aromatic heterocycles. The molecule has 0 nitrogen and oxygen atoms in total. The second-order valence-corrected chi connectivity index (χ2v) is 11.0. The Morgan fingerprint density at radius 3 is 1.74 bits per heavy atom. The first-order chi connectivity index (χ1) is 21.1. The van der Waals surface area contributed by atoms with Gasteiger partial charge in [0.25, 0.3) is 0 Å². The summed E-state index contributed by atoms with van der Waals surface area (Å²) in [5.74, 6) is 0.154. The molecular formula is C41H42Cl2F2Zr-4. The van der Waals surface area contributed by atoms with Crippen LogP contribution in [-0.2, 0) is 30.7 Å². The molecule has 4 aromatic rings. The van der Waals surface area contributed by atoms with Crippen LogP contribution in [0.15, 0.2) is 110 Å². The van der Waals surface area contributed by atoms with E-state index < -0.39 is 0 Å². The van der Waals surface area contributed by atoms with Crippen molar-refractivity contribution in [3.8, 4) is 11.1 Å². The quantitative estimate of drug-likeness (QED) is 0.162. The van der Waals surface area contributed by atoms with Crippen LogP contribution in [0.1, 0.15) is 56.4 Å². The van der Waals surface area contributed by atoms with Crippen LogP contribution in [-0.4, -0.2) is 4.21 Å². The van der Waals surface area contributed by atoms with Crippen molar-refractivity contribution >= 4 is 41.2 Å². The fourth-order valence-electron chi connectivity index (χ4n) is 4.31. The monoisotopic (exact) mass is 732 g/mol. The Labute approximate surface area is 303 Å². The summed E-state index contributed by atoms with van der Waals surface area (Å²) in [6.45, 7) is 16.6. The average molecular weight is 735 g/mol. The number of benzene rings is 4. The second-order valence-electron chi connectivity index (χ2n) is 11.0. The standard InChI is InChI=1S/C17H13.C11H17.2C6H4F.CH2.2ClH.Zr/c1-3-12-5-7-14-11-15-8-6-13(4-2)10-17(15)16(14)9-12;1-5-9-6-7-10(8-9)11(2,3)4;2*7-6-4-2-1-3-5-6;;;;/h3-7,9-10H,1-2,11H2;7-9H,5H2,1-4H3;2*2-5H;1H2;2*1H;/q4*-1;;;;. The van der Waals surface area contributed by atoms with Gasteiger partial charge in [-0.15, -0.1) is 72.9 Å². The van der Waals surface area contributed by atoms with Gasteiger partial charge in [0.2, 0.25) is 0 Å². The first kappa shape index (κ1) is 43.0. The molecule has 0 amide bonds. The SMILES string of the molecule is C=Cc1c[c-]c2c(c1)-c1cc(C=C)ccc1C2.CCC1[C-]=CC(C(C)(C)C)=C1.Cl.Cl.Fc1cc[c-]cc1.Fc1cc[c-]cc1.[CH2]=[Zr]. The van der Waals surface area contributed by atoms with Crippen molar-refractivity contribution < 1.29 is 33.0 Å². The zero-order chi connectivity index (χ0) is 32.5. The maximum atomic E-state index is 11.9. The summed E-state index contributed by atoms with van der Waals surface area (Å²) in [6.07, 6.45) is 13.7. The molecule has 6 rings (SSSR count). The topological polar surface area (TPSA) is 0 Å². The number of rotatable bonds is 3. The van der Waals surface area contributed by atoms with Crippen LogP contribution in [0.2, 0.25) is 0 Å². The van der Waals surface area contributed by atoms with Gasteiger partial charge in [0.1, 0.15) is 0 Å². The molecule has 242 valence electrons. The number of allylic oxidation sites excluding steroid dienone is 4. The molecule has 0 N–H and O–H groups in total. The van der Waals surface area contributed by atoms with Crippen molar-refractivity contribution in [3.63, 3.8) is 0 Å². The molecule has 46 heavy (non-hydrogen) atoms. The molecule has 5 heteroatoms. The zero-order valence-corrected chi connectivity index (χ0v) is 31.1. The molecule has 0 heterocycles. The Morgan fingerprint density at radius 1 is 0.826 bits per heavy atom. The number of hydrogen-bond acceptors (Lipinski definition) is 0. The predicted molar refractivity (Wildman–Crippen MR) is 195 cm³/mol. The Balaban J connectivity index is 0.000000608. The minimum absolute atomic E-state index is 0. The zero-order valence-electron chi connectivity index (χ0n) is 27.0. The third-order valence-corrected chi connectivity index (χ3v) is 6.81. The van der Waals surface area contributed by atoms with E-state index in [1.165, 1.54) is 113 Å². The summed E-state index contributed by atoms with van der Waals surface area (Å²) >= 11 is 1.30. The summed E-state index contributed by atoms with van der Waals surface area (Å²) in [5, 5.41) is 0. The Morgan fingerprint density at radius 2 is 1.35 bits per heavy atom. The van der Waals surface area contributed by atoms with Gasteiger partial charge in [-0.05, 0) is 12.0 Å². The van der Waals surface area contributed by atoms with Crippen LogP contribution in [0.4, 0.5) is 8.78 Å². The van der Waals surface area contributed by atoms with Gasteiger partial charge in [-0.1, -0.05) is 87.4 Å². The van der Waals surface area contributed by atoms with E-state index in [1.807, 2.05) is 18.2 Å². The van der Waals surface area contributed by atoms with E-state index in [1.54, 1.807) is 0 Å². The van der Waals surface area contributed by atoms with Crippen LogP contribution in [0.5, 0.6) is 0 Å². The molecule has 2 aliphatic carbocycles. The van der Waals surface area contributed by atoms with Gasteiger partial charge in [-0.25, -0.2) is 14.9 Å². The molecule has 2 aliphatic rings. The summed E-state index contributed by atoms with van der Waals surface area (Å²) in [6, 6.07) is 31.0. The van der Waals surface area contributed by atoms with E-state index in [-0.39, 0.29) is 36.4 Å². The fraction of sp³-hybridized carbons (Fsp3) is 0.195. The Hall–Kier alpha value is -2.97. The van der Waals surface area contributed by atoms with E-state index >= 15 is 0 Å². The Bertz CT molecular complexity index is 1450. The molecule has 0 saturated heterocycles. The van der Waals surface area contributed by atoms with Crippen molar-refractivity contribution in [2.45, 2.75) is 40.5 Å². The molecule has 0 bridgehead atoms. The summed E-state index contributed by atoms with van der Waals surface area (Å²) in [4.78, 5) is 0. The van der Waals surface area contributed by atoms with Crippen molar-refractivity contribution in [2.75, 3.05) is 0 Å². The molecule has 1 atom stereocenters. The van der Waals surface area contributed by atoms with Crippen LogP contribution in [0.25, 0.3) is 23.3 Å². The first-order valence-electron chi connectivity index (χ1n) is 14.5. The van der Waals surface area contributed by atoms with Gasteiger partial charge in [0, 0.05) is 11.6 Å². The normalized spacial score (nSPS) is 12.8. The minimum atomic E-state index is -0.209. The molecule has 1 unspecified atom stereocenters. The van der Waals surface area contributed by atoms with E-state index in [4.69, 9.17) is 0 Å². The number of hydrogen-bond donors (Lipinski definition) is 0. The van der Waals surface area contributed by atoms with Gasteiger partial charge in [0.05, 0.1) is 0 Å². The predicted octanol–water partition coefficient (Wildman–Crippen LogP) is 11.8. The number of fused-ring (bicyclic) bond motifs is 3. The fourth-order valence-corrected chi connectivity index (χ4v) is 4.31. The van der Waals surface area contributed by atoms with Crippen molar-refractivity contribution in [1.29, 1.82) is 0 Å². The Kier molecular flexibility index (Phi) is 21.1. The molecule has 0 saturated carbocycles. The third kappa shape index (κ3) is 14.2. The van der Waals surface area contributed by atoms with Crippen LogP contribution in [0.3, 0.4) is 0 Å². The molecule has 0 aliphatic heterocycles. The van der Waals surface area contributed by atoms with E-state index in [0.717, 1.165) is 12.0 Å². The van der Waals surface area contributed by atoms with Gasteiger partial charge >= 0.3 is 28.4 Å². The van der Waals surface area contributed by atoms with Gasteiger partial charge in [-0.3, -0.25) is 6.08 Å². The van der Waals surface area contributed by atoms with Gasteiger partial charge < -0.3 is 0 Å². The third-order valence-electron chi connectivity index (χ3n) is 6.81. The summed E-state index contributed by atoms with van der Waals surface area (Å²) < 4.78 is 27.1. The van der Waals surface area contributed by atoms with Crippen molar-refractivity contribution in [3.05, 3.63) is 168 Å². The van der Waals surface area contributed by atoms with Crippen LogP contribution in [0, 0.1) is 47.2 Å². The average Bonchev–Trinajstić information content (AvgIpc) is 3.68. The second kappa shape index (κ2) is 22.5. The molecular weight excluding hydrogens is 693 g/mol. The molecule has 0 radical (unpaired) electrons. The molecule has 0 spiro atoms. The van der Waals surface area contributed by atoms with E-state index in [0.29, 0.717) is 11.3 Å². The first-order valence-corrected chi connectivity index (χ1v) is 16.2. The van der Waals surface area contributed by atoms with E-state index in [9.17, 15) is 8.78 Å². The maximum absolute atomic E-state index is 11.9. The summed E-state index contributed by atoms with van der Waals surface area (Å²) in [7, 11) is 0. The van der Waals surface area contributed by atoms with Gasteiger partial charge in [0.15, 0.2) is 0 Å². The molecule has 0 fully saturated rings. The molecule has 4 aromatic carbocycles. The van der Waals surface area contributed by atoms with Crippen LogP contribution < -0.4 is 0 Å². The van der Waals surface area contributed by atoms with E-state index in [2.05, 4.69) is 106 Å². The van der Waals surface area contributed by atoms with Crippen molar-refractivity contribution in [1.82, 2.24) is 0 Å².